The first kappa shape index (κ1) is 22.1. The lowest BCUT2D eigenvalue weighted by molar-refractivity contribution is 0.0978. The molecule has 7 nitrogen and oxygen atoms in total. The fraction of sp³-hybridized carbons (Fsp3) is 0.318. The van der Waals surface area contributed by atoms with Gasteiger partial charge in [0.05, 0.1) is 29.2 Å². The average molecular weight is 460 g/mol. The van der Waals surface area contributed by atoms with E-state index in [-0.39, 0.29) is 27.4 Å². The van der Waals surface area contributed by atoms with Crippen LogP contribution in [-0.4, -0.2) is 33.9 Å². The number of amides is 1. The number of benzene rings is 1. The number of aryl methyl sites for hydroxylation is 1. The van der Waals surface area contributed by atoms with Crippen molar-refractivity contribution in [1.82, 2.24) is 14.8 Å². The molecule has 1 aliphatic carbocycles. The molecule has 0 bridgehead atoms. The molecule has 168 valence electrons. The van der Waals surface area contributed by atoms with Crippen molar-refractivity contribution in [3.63, 3.8) is 0 Å². The zero-order valence-electron chi connectivity index (χ0n) is 17.7. The van der Waals surface area contributed by atoms with Gasteiger partial charge < -0.3 is 15.8 Å². The first-order chi connectivity index (χ1) is 15.4. The molecule has 1 amide bonds. The summed E-state index contributed by atoms with van der Waals surface area (Å²) < 4.78 is 35.4. The Balaban J connectivity index is 1.61. The van der Waals surface area contributed by atoms with Crippen LogP contribution in [0, 0.1) is 11.6 Å². The highest BCUT2D eigenvalue weighted by Crippen LogP contribution is 2.35. The van der Waals surface area contributed by atoms with Gasteiger partial charge in [0.25, 0.3) is 5.91 Å². The fourth-order valence-corrected chi connectivity index (χ4v) is 4.72. The summed E-state index contributed by atoms with van der Waals surface area (Å²) in [4.78, 5) is 17.1. The van der Waals surface area contributed by atoms with Crippen molar-refractivity contribution in [3.8, 4) is 10.6 Å². The largest absolute Gasteiger partial charge is 0.389 e. The van der Waals surface area contributed by atoms with Gasteiger partial charge in [-0.2, -0.15) is 5.10 Å². The predicted molar refractivity (Wildman–Crippen MR) is 120 cm³/mol. The summed E-state index contributed by atoms with van der Waals surface area (Å²) in [7, 11) is 3.51. The summed E-state index contributed by atoms with van der Waals surface area (Å²) in [6.45, 7) is 0. The van der Waals surface area contributed by atoms with Gasteiger partial charge in [0.2, 0.25) is 0 Å². The first-order valence-corrected chi connectivity index (χ1v) is 11.0. The van der Waals surface area contributed by atoms with Gasteiger partial charge in [0.1, 0.15) is 21.6 Å². The van der Waals surface area contributed by atoms with Crippen LogP contribution in [0.5, 0.6) is 0 Å². The molecule has 1 atom stereocenters. The monoisotopic (exact) mass is 459 g/mol. The Morgan fingerprint density at radius 2 is 2.09 bits per heavy atom. The number of thiazole rings is 1. The van der Waals surface area contributed by atoms with E-state index < -0.39 is 17.5 Å². The maximum atomic E-state index is 14.1. The molecule has 1 aromatic carbocycles. The number of nitrogen functional groups attached to an aromatic ring is 1. The van der Waals surface area contributed by atoms with Crippen LogP contribution < -0.4 is 11.1 Å². The molecule has 0 spiro atoms. The third-order valence-electron chi connectivity index (χ3n) is 5.47. The van der Waals surface area contributed by atoms with Crippen LogP contribution in [0.15, 0.2) is 30.5 Å². The number of aromatic nitrogens is 3. The van der Waals surface area contributed by atoms with Gasteiger partial charge in [-0.3, -0.25) is 9.48 Å². The minimum absolute atomic E-state index is 0.00624. The SMILES string of the molecule is COC1CC=C(c2c(NC(=O)c3nc(-c4c(F)cccc4F)sc3N)cnn2C)CCC1. The van der Waals surface area contributed by atoms with E-state index in [1.807, 2.05) is 0 Å². The molecular formula is C22H23F2N5O2S. The Morgan fingerprint density at radius 3 is 2.81 bits per heavy atom. The number of hydrogen-bond donors (Lipinski definition) is 2. The second kappa shape index (κ2) is 9.17. The van der Waals surface area contributed by atoms with Gasteiger partial charge in [-0.25, -0.2) is 13.8 Å². The molecule has 32 heavy (non-hydrogen) atoms. The predicted octanol–water partition coefficient (Wildman–Crippen LogP) is 4.63. The molecule has 0 fully saturated rings. The third-order valence-corrected chi connectivity index (χ3v) is 6.37. The Labute approximate surface area is 187 Å². The summed E-state index contributed by atoms with van der Waals surface area (Å²) in [5.74, 6) is -2.11. The smallest absolute Gasteiger partial charge is 0.277 e. The number of carbonyl (C=O) groups excluding carboxylic acids is 1. The lowest BCUT2D eigenvalue weighted by Crippen LogP contribution is -2.15. The van der Waals surface area contributed by atoms with Crippen molar-refractivity contribution < 1.29 is 18.3 Å². The molecule has 2 heterocycles. The molecule has 1 unspecified atom stereocenters. The number of carbonyl (C=O) groups is 1. The number of nitrogens with two attached hydrogens (primary N) is 1. The van der Waals surface area contributed by atoms with Crippen molar-refractivity contribution in [3.05, 3.63) is 53.5 Å². The standard InChI is InChI=1S/C22H23F2N5O2S/c1-29-19(12-5-3-6-13(31-2)10-9-12)16(11-26-29)27-21(30)18-20(25)32-22(28-18)17-14(23)7-4-8-15(17)24/h4,7-9,11,13H,3,5-6,10,25H2,1-2H3,(H,27,30). The van der Waals surface area contributed by atoms with Crippen molar-refractivity contribution in [2.24, 2.45) is 7.05 Å². The molecule has 0 radical (unpaired) electrons. The van der Waals surface area contributed by atoms with Crippen LogP contribution in [0.4, 0.5) is 19.5 Å². The number of rotatable bonds is 5. The van der Waals surface area contributed by atoms with Crippen molar-refractivity contribution in [2.75, 3.05) is 18.2 Å². The topological polar surface area (TPSA) is 95.1 Å². The van der Waals surface area contributed by atoms with Gasteiger partial charge in [0, 0.05) is 14.2 Å². The molecule has 1 aliphatic rings. The normalized spacial score (nSPS) is 16.5. The van der Waals surface area contributed by atoms with Gasteiger partial charge in [-0.1, -0.05) is 23.5 Å². The van der Waals surface area contributed by atoms with Crippen LogP contribution in [0.3, 0.4) is 0 Å². The summed E-state index contributed by atoms with van der Waals surface area (Å²) >= 11 is 0.857. The lowest BCUT2D eigenvalue weighted by Gasteiger charge is -2.10. The molecule has 0 saturated carbocycles. The number of anilines is 2. The highest BCUT2D eigenvalue weighted by atomic mass is 32.1. The Kier molecular flexibility index (Phi) is 6.33. The zero-order chi connectivity index (χ0) is 22.8. The molecule has 0 aliphatic heterocycles. The quantitative estimate of drug-likeness (QED) is 0.580. The van der Waals surface area contributed by atoms with Crippen LogP contribution in [0.2, 0.25) is 0 Å². The number of nitrogens with zero attached hydrogens (tertiary/aromatic N) is 3. The van der Waals surface area contributed by atoms with E-state index in [4.69, 9.17) is 10.5 Å². The van der Waals surface area contributed by atoms with Crippen molar-refractivity contribution >= 4 is 33.5 Å². The molecule has 3 aromatic rings. The summed E-state index contributed by atoms with van der Waals surface area (Å²) in [6.07, 6.45) is 7.38. The van der Waals surface area contributed by atoms with Crippen LogP contribution in [0.25, 0.3) is 16.1 Å². The number of nitrogens with one attached hydrogen (secondary N) is 1. The lowest BCUT2D eigenvalue weighted by atomic mass is 10.1. The van der Waals surface area contributed by atoms with Crippen LogP contribution in [-0.2, 0) is 11.8 Å². The number of hydrogen-bond acceptors (Lipinski definition) is 6. The molecule has 4 rings (SSSR count). The van der Waals surface area contributed by atoms with E-state index in [1.54, 1.807) is 25.0 Å². The average Bonchev–Trinajstić information content (AvgIpc) is 3.21. The van der Waals surface area contributed by atoms with E-state index in [9.17, 15) is 13.6 Å². The second-order valence-electron chi connectivity index (χ2n) is 7.53. The highest BCUT2D eigenvalue weighted by Gasteiger charge is 2.24. The number of halogens is 2. The maximum Gasteiger partial charge on any atom is 0.277 e. The molecular weight excluding hydrogens is 436 g/mol. The Bertz CT molecular complexity index is 1170. The summed E-state index contributed by atoms with van der Waals surface area (Å²) in [5.41, 5.74) is 7.97. The highest BCUT2D eigenvalue weighted by molar-refractivity contribution is 7.19. The van der Waals surface area contributed by atoms with Crippen molar-refractivity contribution in [2.45, 2.75) is 31.8 Å². The minimum Gasteiger partial charge on any atom is -0.389 e. The molecule has 3 N–H and O–H groups in total. The maximum absolute atomic E-state index is 14.1. The number of ether oxygens (including phenoxy) is 1. The minimum atomic E-state index is -0.769. The van der Waals surface area contributed by atoms with Gasteiger partial charge in [0.15, 0.2) is 5.69 Å². The zero-order valence-corrected chi connectivity index (χ0v) is 18.5. The van der Waals surface area contributed by atoms with E-state index in [2.05, 4.69) is 21.5 Å². The van der Waals surface area contributed by atoms with E-state index in [0.717, 1.165) is 60.4 Å². The van der Waals surface area contributed by atoms with E-state index in [0.29, 0.717) is 5.69 Å². The van der Waals surface area contributed by atoms with Crippen molar-refractivity contribution in [1.29, 1.82) is 0 Å². The summed E-state index contributed by atoms with van der Waals surface area (Å²) in [5, 5.41) is 7.17. The molecule has 2 aromatic heterocycles. The van der Waals surface area contributed by atoms with E-state index >= 15 is 0 Å². The van der Waals surface area contributed by atoms with Gasteiger partial charge in [-0.15, -0.1) is 0 Å². The first-order valence-electron chi connectivity index (χ1n) is 10.1. The summed E-state index contributed by atoms with van der Waals surface area (Å²) in [6, 6.07) is 3.53. The third kappa shape index (κ3) is 4.28. The van der Waals surface area contributed by atoms with Gasteiger partial charge >= 0.3 is 0 Å². The number of allylic oxidation sites excluding steroid dienone is 1. The Hall–Kier alpha value is -3.11. The molecule has 0 saturated heterocycles. The van der Waals surface area contributed by atoms with Gasteiger partial charge in [-0.05, 0) is 43.4 Å². The van der Waals surface area contributed by atoms with Crippen LogP contribution >= 0.6 is 11.3 Å². The second-order valence-corrected chi connectivity index (χ2v) is 8.56. The molecule has 10 heteroatoms. The number of methoxy groups -OCH3 is 1. The fourth-order valence-electron chi connectivity index (χ4n) is 3.84. The van der Waals surface area contributed by atoms with E-state index in [1.165, 1.54) is 6.07 Å². The van der Waals surface area contributed by atoms with Crippen LogP contribution in [0.1, 0.15) is 41.9 Å². The Morgan fingerprint density at radius 1 is 1.34 bits per heavy atom.